The monoisotopic (exact) mass is 519 g/mol. The highest BCUT2D eigenvalue weighted by Gasteiger charge is 2.54. The van der Waals surface area contributed by atoms with E-state index in [1.54, 1.807) is 18.5 Å². The Balaban J connectivity index is 1.52. The van der Waals surface area contributed by atoms with Crippen molar-refractivity contribution >= 4 is 68.8 Å². The number of hydrogen-bond acceptors (Lipinski definition) is 12. The highest BCUT2D eigenvalue weighted by Crippen LogP contribution is 2.41. The van der Waals surface area contributed by atoms with Crippen LogP contribution in [0.2, 0.25) is 0 Å². The third-order valence-corrected chi connectivity index (χ3v) is 7.23. The molecule has 2 aliphatic rings. The largest absolute Gasteiger partial charge is 0.477 e. The van der Waals surface area contributed by atoms with Gasteiger partial charge in [0, 0.05) is 29.9 Å². The molecule has 2 aromatic heterocycles. The van der Waals surface area contributed by atoms with Crippen LogP contribution >= 0.6 is 35.3 Å². The number of oxime groups is 1. The lowest BCUT2D eigenvalue weighted by Crippen LogP contribution is -2.71. The second-order valence-corrected chi connectivity index (χ2v) is 9.47. The average molecular weight is 520 g/mol. The van der Waals surface area contributed by atoms with Crippen molar-refractivity contribution in [3.05, 3.63) is 46.6 Å². The molecule has 4 heterocycles. The first kappa shape index (κ1) is 23.7. The molecule has 2 aliphatic heterocycles. The molecule has 15 heteroatoms. The SMILES string of the molecule is CON=C(C(=O)NC1C(=O)N2C(C(=O)O)=C(CC(=S)c3ncccn3)CSC12)c1csc(N)n1. The standard InChI is InChI=1S/C19H17N7O5S3/c1-31-25-11(9-7-34-19(20)23-9)15(27)24-12-16(28)26-13(18(29)30)8(6-33-17(12)26)5-10(32)14-21-3-2-4-22-14/h2-4,7,12,17H,5-6H2,1H3,(H2,20,23)(H,24,27)(H,29,30). The number of carbonyl (C=O) groups excluding carboxylic acids is 2. The number of nitrogens with two attached hydrogens (primary N) is 1. The number of amides is 2. The summed E-state index contributed by atoms with van der Waals surface area (Å²) in [5.74, 6) is -1.88. The van der Waals surface area contributed by atoms with Gasteiger partial charge in [-0.15, -0.1) is 23.1 Å². The summed E-state index contributed by atoms with van der Waals surface area (Å²) in [4.78, 5) is 56.2. The fraction of sp³-hybridized carbons (Fsp3) is 0.263. The molecular formula is C19H17N7O5S3. The summed E-state index contributed by atoms with van der Waals surface area (Å²) in [7, 11) is 1.27. The average Bonchev–Trinajstić information content (AvgIpc) is 3.26. The van der Waals surface area contributed by atoms with Crippen LogP contribution in [0, 0.1) is 0 Å². The molecule has 12 nitrogen and oxygen atoms in total. The number of nitrogen functional groups attached to an aromatic ring is 1. The molecule has 2 atom stereocenters. The third-order valence-electron chi connectivity index (χ3n) is 4.89. The number of carboxylic acid groups (broad SMARTS) is 1. The summed E-state index contributed by atoms with van der Waals surface area (Å²) in [6.07, 6.45) is 3.21. The van der Waals surface area contributed by atoms with Gasteiger partial charge in [0.15, 0.2) is 16.7 Å². The lowest BCUT2D eigenvalue weighted by molar-refractivity contribution is -0.150. The molecule has 4 N–H and O–H groups in total. The number of thioether (sulfide) groups is 1. The van der Waals surface area contributed by atoms with Crippen molar-refractivity contribution in [2.24, 2.45) is 5.16 Å². The van der Waals surface area contributed by atoms with Gasteiger partial charge in [-0.2, -0.15) is 0 Å². The number of hydrogen-bond donors (Lipinski definition) is 3. The van der Waals surface area contributed by atoms with Crippen LogP contribution in [0.4, 0.5) is 5.13 Å². The number of thiocarbonyl (C=S) groups is 1. The van der Waals surface area contributed by atoms with E-state index in [0.717, 1.165) is 11.3 Å². The van der Waals surface area contributed by atoms with E-state index in [9.17, 15) is 19.5 Å². The first-order chi connectivity index (χ1) is 16.3. The first-order valence-corrected chi connectivity index (χ1v) is 12.0. The number of β-lactam (4-membered cyclic amide) rings is 1. The second-order valence-electron chi connectivity index (χ2n) is 6.98. The van der Waals surface area contributed by atoms with Gasteiger partial charge in [-0.3, -0.25) is 14.5 Å². The molecule has 2 unspecified atom stereocenters. The van der Waals surface area contributed by atoms with Crippen LogP contribution in [-0.2, 0) is 19.2 Å². The molecule has 1 saturated heterocycles. The maximum absolute atomic E-state index is 12.9. The Morgan fingerprint density at radius 1 is 1.41 bits per heavy atom. The Bertz CT molecular complexity index is 1230. The van der Waals surface area contributed by atoms with Crippen molar-refractivity contribution in [3.8, 4) is 0 Å². The Labute approximate surface area is 206 Å². The summed E-state index contributed by atoms with van der Waals surface area (Å²) >= 11 is 7.82. The number of rotatable bonds is 8. The van der Waals surface area contributed by atoms with Crippen LogP contribution in [0.5, 0.6) is 0 Å². The molecule has 0 spiro atoms. The van der Waals surface area contributed by atoms with Crippen LogP contribution in [0.15, 0.2) is 40.3 Å². The van der Waals surface area contributed by atoms with Gasteiger partial charge in [0.05, 0.1) is 4.86 Å². The maximum atomic E-state index is 12.9. The van der Waals surface area contributed by atoms with Gasteiger partial charge in [-0.25, -0.2) is 19.7 Å². The zero-order chi connectivity index (χ0) is 24.4. The molecule has 0 aliphatic carbocycles. The highest BCUT2D eigenvalue weighted by atomic mass is 32.2. The zero-order valence-electron chi connectivity index (χ0n) is 17.5. The quantitative estimate of drug-likeness (QED) is 0.145. The number of anilines is 1. The van der Waals surface area contributed by atoms with E-state index in [-0.39, 0.29) is 28.7 Å². The minimum atomic E-state index is -1.25. The number of carbonyl (C=O) groups is 3. The van der Waals surface area contributed by atoms with Crippen LogP contribution in [0.25, 0.3) is 0 Å². The fourth-order valence-electron chi connectivity index (χ4n) is 3.44. The molecule has 176 valence electrons. The topological polar surface area (TPSA) is 173 Å². The van der Waals surface area contributed by atoms with Crippen LogP contribution in [0.3, 0.4) is 0 Å². The summed E-state index contributed by atoms with van der Waals surface area (Å²) in [5.41, 5.74) is 6.01. The Morgan fingerprint density at radius 2 is 2.15 bits per heavy atom. The highest BCUT2D eigenvalue weighted by molar-refractivity contribution is 8.00. The Hall–Kier alpha value is -3.43. The van der Waals surface area contributed by atoms with Crippen molar-refractivity contribution < 1.29 is 24.3 Å². The van der Waals surface area contributed by atoms with Gasteiger partial charge in [0.2, 0.25) is 0 Å². The molecule has 4 rings (SSSR count). The van der Waals surface area contributed by atoms with E-state index in [1.807, 2.05) is 0 Å². The zero-order valence-corrected chi connectivity index (χ0v) is 19.9. The van der Waals surface area contributed by atoms with Gasteiger partial charge < -0.3 is 21.0 Å². The third kappa shape index (κ3) is 4.49. The molecule has 2 amide bonds. The van der Waals surface area contributed by atoms with Crippen LogP contribution < -0.4 is 11.1 Å². The maximum Gasteiger partial charge on any atom is 0.352 e. The van der Waals surface area contributed by atoms with Crippen LogP contribution in [0.1, 0.15) is 17.9 Å². The van der Waals surface area contributed by atoms with Crippen molar-refractivity contribution in [2.75, 3.05) is 18.6 Å². The van der Waals surface area contributed by atoms with Gasteiger partial charge in [0.25, 0.3) is 11.8 Å². The molecule has 0 aromatic carbocycles. The smallest absolute Gasteiger partial charge is 0.352 e. The molecular weight excluding hydrogens is 502 g/mol. The van der Waals surface area contributed by atoms with E-state index < -0.39 is 29.2 Å². The van der Waals surface area contributed by atoms with E-state index in [1.165, 1.54) is 29.2 Å². The number of nitrogens with zero attached hydrogens (tertiary/aromatic N) is 5. The van der Waals surface area contributed by atoms with Crippen molar-refractivity contribution in [3.63, 3.8) is 0 Å². The summed E-state index contributed by atoms with van der Waals surface area (Å²) in [6, 6.07) is 0.699. The minimum Gasteiger partial charge on any atom is -0.477 e. The summed E-state index contributed by atoms with van der Waals surface area (Å²) < 4.78 is 0. The summed E-state index contributed by atoms with van der Waals surface area (Å²) in [6.45, 7) is 0. The first-order valence-electron chi connectivity index (χ1n) is 9.65. The van der Waals surface area contributed by atoms with E-state index in [4.69, 9.17) is 22.8 Å². The predicted octanol–water partition coefficient (Wildman–Crippen LogP) is 0.413. The lowest BCUT2D eigenvalue weighted by Gasteiger charge is -2.49. The number of nitrogens with one attached hydrogen (secondary N) is 1. The molecule has 1 fully saturated rings. The van der Waals surface area contributed by atoms with Gasteiger partial charge in [-0.1, -0.05) is 17.4 Å². The van der Waals surface area contributed by atoms with E-state index in [0.29, 0.717) is 22.0 Å². The van der Waals surface area contributed by atoms with Gasteiger partial charge in [-0.05, 0) is 11.6 Å². The molecule has 0 bridgehead atoms. The Kier molecular flexibility index (Phi) is 6.85. The minimum absolute atomic E-state index is 0.122. The second kappa shape index (κ2) is 9.82. The van der Waals surface area contributed by atoms with Crippen molar-refractivity contribution in [1.29, 1.82) is 0 Å². The number of aromatic nitrogens is 3. The van der Waals surface area contributed by atoms with Gasteiger partial charge in [0.1, 0.15) is 29.9 Å². The number of thiazole rings is 1. The molecule has 0 radical (unpaired) electrons. The number of aliphatic carboxylic acids is 1. The molecule has 34 heavy (non-hydrogen) atoms. The van der Waals surface area contributed by atoms with Gasteiger partial charge >= 0.3 is 5.97 Å². The summed E-state index contributed by atoms with van der Waals surface area (Å²) in [5, 5.41) is 17.3. The van der Waals surface area contributed by atoms with E-state index in [2.05, 4.69) is 25.4 Å². The van der Waals surface area contributed by atoms with Crippen molar-refractivity contribution in [2.45, 2.75) is 17.8 Å². The Morgan fingerprint density at radius 3 is 2.76 bits per heavy atom. The van der Waals surface area contributed by atoms with Crippen molar-refractivity contribution in [1.82, 2.24) is 25.2 Å². The number of carboxylic acids is 1. The van der Waals surface area contributed by atoms with E-state index >= 15 is 0 Å². The number of fused-ring (bicyclic) bond motifs is 1. The lowest BCUT2D eigenvalue weighted by atomic mass is 10.00. The predicted molar refractivity (Wildman–Crippen MR) is 128 cm³/mol. The normalized spacial score (nSPS) is 19.9. The fourth-order valence-corrected chi connectivity index (χ4v) is 5.61. The van der Waals surface area contributed by atoms with Crippen LogP contribution in [-0.4, -0.2) is 77.6 Å². The molecule has 2 aromatic rings. The molecule has 0 saturated carbocycles.